The minimum absolute atomic E-state index is 0.790. The van der Waals surface area contributed by atoms with E-state index in [1.807, 2.05) is 42.9 Å². The van der Waals surface area contributed by atoms with Crippen molar-refractivity contribution in [2.45, 2.75) is 13.8 Å². The molecule has 2 N–H and O–H groups in total. The van der Waals surface area contributed by atoms with Crippen molar-refractivity contribution in [3.05, 3.63) is 35.7 Å². The van der Waals surface area contributed by atoms with E-state index in [2.05, 4.69) is 12.0 Å². The average molecular weight is 201 g/mol. The van der Waals surface area contributed by atoms with Crippen LogP contribution in [0.4, 0.5) is 5.69 Å². The lowest BCUT2D eigenvalue weighted by Crippen LogP contribution is -1.92. The minimum atomic E-state index is 0.790. The van der Waals surface area contributed by atoms with Gasteiger partial charge in [-0.05, 0) is 31.5 Å². The van der Waals surface area contributed by atoms with Crippen LogP contribution < -0.4 is 5.73 Å². The van der Waals surface area contributed by atoms with Gasteiger partial charge in [-0.2, -0.15) is 5.10 Å². The molecule has 1 aromatic heterocycles. The van der Waals surface area contributed by atoms with Gasteiger partial charge in [0.25, 0.3) is 0 Å². The first kappa shape index (κ1) is 9.77. The average Bonchev–Trinajstić information content (AvgIpc) is 2.44. The zero-order chi connectivity index (χ0) is 11.0. The van der Waals surface area contributed by atoms with Crippen molar-refractivity contribution in [1.82, 2.24) is 9.78 Å². The first-order valence-electron chi connectivity index (χ1n) is 4.95. The quantitative estimate of drug-likeness (QED) is 0.719. The summed E-state index contributed by atoms with van der Waals surface area (Å²) in [7, 11) is 1.96. The second kappa shape index (κ2) is 3.42. The van der Waals surface area contributed by atoms with Crippen molar-refractivity contribution in [2.24, 2.45) is 7.05 Å². The van der Waals surface area contributed by atoms with Crippen LogP contribution in [0.5, 0.6) is 0 Å². The lowest BCUT2D eigenvalue weighted by Gasteiger charge is -2.02. The molecule has 2 aromatic rings. The molecule has 0 amide bonds. The molecule has 3 nitrogen and oxygen atoms in total. The Morgan fingerprint density at radius 3 is 2.20 bits per heavy atom. The van der Waals surface area contributed by atoms with E-state index < -0.39 is 0 Å². The highest BCUT2D eigenvalue weighted by atomic mass is 15.3. The highest BCUT2D eigenvalue weighted by Gasteiger charge is 2.10. The second-order valence-corrected chi connectivity index (χ2v) is 3.79. The van der Waals surface area contributed by atoms with E-state index in [0.717, 1.165) is 11.4 Å². The number of nitrogen functional groups attached to an aromatic ring is 1. The number of benzene rings is 1. The maximum Gasteiger partial charge on any atom is 0.0674 e. The Balaban J connectivity index is 2.58. The van der Waals surface area contributed by atoms with Crippen molar-refractivity contribution < 1.29 is 0 Å². The van der Waals surface area contributed by atoms with E-state index in [1.165, 1.54) is 16.8 Å². The zero-order valence-electron chi connectivity index (χ0n) is 9.28. The van der Waals surface area contributed by atoms with Crippen molar-refractivity contribution in [3.8, 4) is 11.1 Å². The summed E-state index contributed by atoms with van der Waals surface area (Å²) in [6.45, 7) is 4.10. The molecule has 0 saturated carbocycles. The lowest BCUT2D eigenvalue weighted by molar-refractivity contribution is 0.731. The molecule has 78 valence electrons. The summed E-state index contributed by atoms with van der Waals surface area (Å²) in [5, 5.41) is 4.39. The number of anilines is 1. The number of hydrogen-bond donors (Lipinski definition) is 1. The summed E-state index contributed by atoms with van der Waals surface area (Å²) in [5.41, 5.74) is 11.1. The fourth-order valence-corrected chi connectivity index (χ4v) is 1.84. The third kappa shape index (κ3) is 1.61. The molecule has 0 spiro atoms. The van der Waals surface area contributed by atoms with Gasteiger partial charge < -0.3 is 5.73 Å². The number of aromatic nitrogens is 2. The smallest absolute Gasteiger partial charge is 0.0674 e. The van der Waals surface area contributed by atoms with Crippen LogP contribution in [0.3, 0.4) is 0 Å². The summed E-state index contributed by atoms with van der Waals surface area (Å²) < 4.78 is 1.90. The molecular weight excluding hydrogens is 186 g/mol. The molecule has 0 unspecified atom stereocenters. The van der Waals surface area contributed by atoms with E-state index in [4.69, 9.17) is 5.73 Å². The van der Waals surface area contributed by atoms with Gasteiger partial charge >= 0.3 is 0 Å². The van der Waals surface area contributed by atoms with Gasteiger partial charge in [0, 0.05) is 24.0 Å². The number of rotatable bonds is 1. The first-order chi connectivity index (χ1) is 7.09. The predicted molar refractivity (Wildman–Crippen MR) is 62.5 cm³/mol. The Morgan fingerprint density at radius 1 is 1.13 bits per heavy atom. The fourth-order valence-electron chi connectivity index (χ4n) is 1.84. The molecule has 15 heavy (non-hydrogen) atoms. The van der Waals surface area contributed by atoms with Crippen LogP contribution in [0.25, 0.3) is 11.1 Å². The number of nitrogens with zero attached hydrogens (tertiary/aromatic N) is 2. The molecule has 0 aliphatic heterocycles. The number of aryl methyl sites for hydroxylation is 2. The van der Waals surface area contributed by atoms with Crippen LogP contribution in [-0.4, -0.2) is 9.78 Å². The molecule has 1 aromatic carbocycles. The Labute approximate surface area is 89.5 Å². The summed E-state index contributed by atoms with van der Waals surface area (Å²) in [6.07, 6.45) is 0. The van der Waals surface area contributed by atoms with E-state index in [-0.39, 0.29) is 0 Å². The van der Waals surface area contributed by atoms with Gasteiger partial charge in [0.15, 0.2) is 0 Å². The van der Waals surface area contributed by atoms with Crippen LogP contribution >= 0.6 is 0 Å². The molecular formula is C12H15N3. The standard InChI is InChI=1S/C12H15N3/c1-8-12(9(2)15(3)14-8)10-4-6-11(13)7-5-10/h4-7H,13H2,1-3H3. The van der Waals surface area contributed by atoms with Crippen molar-refractivity contribution >= 4 is 5.69 Å². The lowest BCUT2D eigenvalue weighted by atomic mass is 10.0. The molecule has 0 atom stereocenters. The van der Waals surface area contributed by atoms with Crippen LogP contribution in [-0.2, 0) is 7.05 Å². The summed E-state index contributed by atoms with van der Waals surface area (Å²) in [5.74, 6) is 0. The zero-order valence-corrected chi connectivity index (χ0v) is 9.28. The molecule has 0 bridgehead atoms. The molecule has 0 fully saturated rings. The SMILES string of the molecule is Cc1nn(C)c(C)c1-c1ccc(N)cc1. The Bertz CT molecular complexity index is 480. The van der Waals surface area contributed by atoms with E-state index in [0.29, 0.717) is 0 Å². The van der Waals surface area contributed by atoms with Gasteiger partial charge in [-0.25, -0.2) is 0 Å². The maximum absolute atomic E-state index is 5.67. The van der Waals surface area contributed by atoms with Crippen LogP contribution in [0.1, 0.15) is 11.4 Å². The van der Waals surface area contributed by atoms with Gasteiger partial charge in [-0.1, -0.05) is 12.1 Å². The Morgan fingerprint density at radius 2 is 1.73 bits per heavy atom. The van der Waals surface area contributed by atoms with Crippen LogP contribution in [0.15, 0.2) is 24.3 Å². The van der Waals surface area contributed by atoms with Gasteiger partial charge in [-0.15, -0.1) is 0 Å². The molecule has 0 radical (unpaired) electrons. The maximum atomic E-state index is 5.67. The summed E-state index contributed by atoms with van der Waals surface area (Å²) in [4.78, 5) is 0. The van der Waals surface area contributed by atoms with E-state index in [1.54, 1.807) is 0 Å². The highest BCUT2D eigenvalue weighted by molar-refractivity contribution is 5.69. The topological polar surface area (TPSA) is 43.8 Å². The molecule has 0 aliphatic carbocycles. The Hall–Kier alpha value is -1.77. The predicted octanol–water partition coefficient (Wildman–Crippen LogP) is 2.29. The van der Waals surface area contributed by atoms with Crippen molar-refractivity contribution in [1.29, 1.82) is 0 Å². The number of hydrogen-bond acceptors (Lipinski definition) is 2. The highest BCUT2D eigenvalue weighted by Crippen LogP contribution is 2.26. The van der Waals surface area contributed by atoms with Crippen LogP contribution in [0, 0.1) is 13.8 Å². The summed E-state index contributed by atoms with van der Waals surface area (Å²) in [6, 6.07) is 7.90. The molecule has 3 heteroatoms. The summed E-state index contributed by atoms with van der Waals surface area (Å²) >= 11 is 0. The van der Waals surface area contributed by atoms with Crippen molar-refractivity contribution in [3.63, 3.8) is 0 Å². The first-order valence-corrected chi connectivity index (χ1v) is 4.95. The molecule has 1 heterocycles. The largest absolute Gasteiger partial charge is 0.399 e. The van der Waals surface area contributed by atoms with Gasteiger partial charge in [0.1, 0.15) is 0 Å². The van der Waals surface area contributed by atoms with E-state index in [9.17, 15) is 0 Å². The van der Waals surface area contributed by atoms with Crippen LogP contribution in [0.2, 0.25) is 0 Å². The van der Waals surface area contributed by atoms with E-state index >= 15 is 0 Å². The third-order valence-corrected chi connectivity index (χ3v) is 2.71. The monoisotopic (exact) mass is 201 g/mol. The molecule has 0 aliphatic rings. The Kier molecular flexibility index (Phi) is 2.23. The fraction of sp³-hybridized carbons (Fsp3) is 0.250. The van der Waals surface area contributed by atoms with Crippen molar-refractivity contribution in [2.75, 3.05) is 5.73 Å². The normalized spacial score (nSPS) is 10.6. The van der Waals surface area contributed by atoms with Gasteiger partial charge in [0.2, 0.25) is 0 Å². The minimum Gasteiger partial charge on any atom is -0.399 e. The van der Waals surface area contributed by atoms with Gasteiger partial charge in [0.05, 0.1) is 5.69 Å². The van der Waals surface area contributed by atoms with Gasteiger partial charge in [-0.3, -0.25) is 4.68 Å². The molecule has 0 saturated heterocycles. The number of nitrogens with two attached hydrogens (primary N) is 1. The second-order valence-electron chi connectivity index (χ2n) is 3.79. The molecule has 2 rings (SSSR count). The third-order valence-electron chi connectivity index (χ3n) is 2.71.